The first-order chi connectivity index (χ1) is 15.0. The van der Waals surface area contributed by atoms with E-state index in [1.165, 1.54) is 0 Å². The lowest BCUT2D eigenvalue weighted by molar-refractivity contribution is 0.0695. The molecular formula is C28H32O4. The summed E-state index contributed by atoms with van der Waals surface area (Å²) in [5, 5.41) is 31.0. The van der Waals surface area contributed by atoms with Gasteiger partial charge in [0.15, 0.2) is 0 Å². The number of benzene rings is 3. The highest BCUT2D eigenvalue weighted by molar-refractivity contribution is 5.90. The van der Waals surface area contributed by atoms with E-state index in [0.29, 0.717) is 5.56 Å². The second kappa shape index (κ2) is 9.07. The molecule has 4 heteroatoms. The predicted octanol–water partition coefficient (Wildman–Crippen LogP) is 6.84. The summed E-state index contributed by atoms with van der Waals surface area (Å²) >= 11 is 0. The Morgan fingerprint density at radius 3 is 1.53 bits per heavy atom. The number of carbonyl (C=O) groups is 1. The SMILES string of the molecule is Cc1cc(O)c(C(C)C)cc1C(c1cc(C(C)C)c(O)cc1C)c1ccccc1C(=O)O. The molecule has 4 nitrogen and oxygen atoms in total. The predicted molar refractivity (Wildman–Crippen MR) is 128 cm³/mol. The summed E-state index contributed by atoms with van der Waals surface area (Å²) in [4.78, 5) is 12.1. The van der Waals surface area contributed by atoms with Crippen LogP contribution in [0.25, 0.3) is 0 Å². The van der Waals surface area contributed by atoms with E-state index in [1.807, 2.05) is 65.8 Å². The number of hydrogen-bond acceptors (Lipinski definition) is 3. The lowest BCUT2D eigenvalue weighted by Crippen LogP contribution is -2.13. The number of carboxylic acids is 1. The zero-order chi connectivity index (χ0) is 23.7. The number of carboxylic acid groups (broad SMARTS) is 1. The number of phenolic OH excluding ortho intramolecular Hbond substituents is 2. The lowest BCUT2D eigenvalue weighted by atomic mass is 9.77. The second-order valence-electron chi connectivity index (χ2n) is 9.17. The van der Waals surface area contributed by atoms with Crippen LogP contribution in [-0.4, -0.2) is 21.3 Å². The highest BCUT2D eigenvalue weighted by Gasteiger charge is 2.27. The van der Waals surface area contributed by atoms with Gasteiger partial charge in [-0.2, -0.15) is 0 Å². The maximum atomic E-state index is 12.1. The molecule has 0 radical (unpaired) electrons. The number of rotatable bonds is 6. The van der Waals surface area contributed by atoms with Gasteiger partial charge in [0.05, 0.1) is 5.56 Å². The van der Waals surface area contributed by atoms with Gasteiger partial charge in [0, 0.05) is 5.92 Å². The minimum atomic E-state index is -0.980. The van der Waals surface area contributed by atoms with Crippen molar-refractivity contribution in [2.45, 2.75) is 59.3 Å². The smallest absolute Gasteiger partial charge is 0.335 e. The third-order valence-corrected chi connectivity index (χ3v) is 6.20. The van der Waals surface area contributed by atoms with Crippen molar-refractivity contribution >= 4 is 5.97 Å². The molecule has 0 spiro atoms. The monoisotopic (exact) mass is 432 g/mol. The Hall–Kier alpha value is -3.27. The van der Waals surface area contributed by atoms with E-state index < -0.39 is 5.97 Å². The molecule has 0 aliphatic rings. The first-order valence-corrected chi connectivity index (χ1v) is 11.0. The van der Waals surface area contributed by atoms with Crippen LogP contribution >= 0.6 is 0 Å². The Balaban J connectivity index is 2.43. The molecule has 0 saturated carbocycles. The highest BCUT2D eigenvalue weighted by atomic mass is 16.4. The fraction of sp³-hybridized carbons (Fsp3) is 0.321. The van der Waals surface area contributed by atoms with Crippen molar-refractivity contribution in [3.8, 4) is 11.5 Å². The van der Waals surface area contributed by atoms with Crippen LogP contribution in [0.5, 0.6) is 11.5 Å². The zero-order valence-electron chi connectivity index (χ0n) is 19.6. The van der Waals surface area contributed by atoms with E-state index in [9.17, 15) is 20.1 Å². The average molecular weight is 433 g/mol. The molecule has 0 bridgehead atoms. The first kappa shape index (κ1) is 23.4. The van der Waals surface area contributed by atoms with Gasteiger partial charge in [0.2, 0.25) is 0 Å². The van der Waals surface area contributed by atoms with Crippen molar-refractivity contribution in [1.82, 2.24) is 0 Å². The molecule has 0 atom stereocenters. The van der Waals surface area contributed by atoms with Gasteiger partial charge >= 0.3 is 5.97 Å². The summed E-state index contributed by atoms with van der Waals surface area (Å²) in [6.45, 7) is 12.0. The maximum absolute atomic E-state index is 12.1. The van der Waals surface area contributed by atoms with E-state index >= 15 is 0 Å². The van der Waals surface area contributed by atoms with Crippen LogP contribution in [0.15, 0.2) is 48.5 Å². The standard InChI is InChI=1S/C28H32O4/c1-15(2)21-13-23(17(5)11-25(21)29)27(19-9-7-8-10-20(19)28(31)32)24-14-22(16(3)4)26(30)12-18(24)6/h7-16,27,29-30H,1-6H3,(H,31,32). The number of phenols is 2. The van der Waals surface area contributed by atoms with Crippen molar-refractivity contribution in [3.63, 3.8) is 0 Å². The molecule has 0 amide bonds. The van der Waals surface area contributed by atoms with Gasteiger partial charge in [-0.3, -0.25) is 0 Å². The molecule has 3 aromatic carbocycles. The molecule has 3 N–H and O–H groups in total. The molecule has 0 unspecified atom stereocenters. The summed E-state index contributed by atoms with van der Waals surface area (Å²) in [6, 6.07) is 14.6. The van der Waals surface area contributed by atoms with Gasteiger partial charge in [-0.1, -0.05) is 58.0 Å². The quantitative estimate of drug-likeness (QED) is 0.373. The van der Waals surface area contributed by atoms with Crippen molar-refractivity contribution in [3.05, 3.63) is 93.0 Å². The summed E-state index contributed by atoms with van der Waals surface area (Å²) in [7, 11) is 0. The summed E-state index contributed by atoms with van der Waals surface area (Å²) in [5.74, 6) is -0.632. The molecule has 168 valence electrons. The molecule has 0 fully saturated rings. The lowest BCUT2D eigenvalue weighted by Gasteiger charge is -2.27. The number of aryl methyl sites for hydroxylation is 2. The minimum Gasteiger partial charge on any atom is -0.508 e. The molecule has 32 heavy (non-hydrogen) atoms. The van der Waals surface area contributed by atoms with Crippen LogP contribution in [-0.2, 0) is 0 Å². The fourth-order valence-corrected chi connectivity index (χ4v) is 4.45. The Kier molecular flexibility index (Phi) is 6.63. The van der Waals surface area contributed by atoms with Crippen molar-refractivity contribution in [1.29, 1.82) is 0 Å². The van der Waals surface area contributed by atoms with Crippen LogP contribution in [0, 0.1) is 13.8 Å². The van der Waals surface area contributed by atoms with Crippen LogP contribution < -0.4 is 0 Å². The Morgan fingerprint density at radius 2 is 1.12 bits per heavy atom. The van der Waals surface area contributed by atoms with Gasteiger partial charge in [-0.15, -0.1) is 0 Å². The van der Waals surface area contributed by atoms with Gasteiger partial charge < -0.3 is 15.3 Å². The molecule has 3 rings (SSSR count). The minimum absolute atomic E-state index is 0.108. The molecule has 3 aromatic rings. The molecule has 0 aliphatic heterocycles. The van der Waals surface area contributed by atoms with E-state index in [1.54, 1.807) is 24.3 Å². The molecule has 0 aromatic heterocycles. The normalized spacial score (nSPS) is 11.5. The number of hydrogen-bond donors (Lipinski definition) is 3. The second-order valence-corrected chi connectivity index (χ2v) is 9.17. The van der Waals surface area contributed by atoms with Crippen LogP contribution in [0.1, 0.15) is 94.8 Å². The Morgan fingerprint density at radius 1 is 0.688 bits per heavy atom. The summed E-state index contributed by atoms with van der Waals surface area (Å²) in [6.07, 6.45) is 0. The first-order valence-electron chi connectivity index (χ1n) is 11.0. The summed E-state index contributed by atoms with van der Waals surface area (Å²) < 4.78 is 0. The molecule has 0 aliphatic carbocycles. The van der Waals surface area contributed by atoms with E-state index in [-0.39, 0.29) is 34.8 Å². The van der Waals surface area contributed by atoms with Crippen LogP contribution in [0.2, 0.25) is 0 Å². The van der Waals surface area contributed by atoms with Crippen LogP contribution in [0.4, 0.5) is 0 Å². The highest BCUT2D eigenvalue weighted by Crippen LogP contribution is 2.42. The fourth-order valence-electron chi connectivity index (χ4n) is 4.45. The largest absolute Gasteiger partial charge is 0.508 e. The maximum Gasteiger partial charge on any atom is 0.335 e. The van der Waals surface area contributed by atoms with Crippen molar-refractivity contribution in [2.75, 3.05) is 0 Å². The van der Waals surface area contributed by atoms with E-state index in [2.05, 4.69) is 0 Å². The number of aromatic carboxylic acids is 1. The molecule has 0 saturated heterocycles. The van der Waals surface area contributed by atoms with Crippen LogP contribution in [0.3, 0.4) is 0 Å². The van der Waals surface area contributed by atoms with Gasteiger partial charge in [0.1, 0.15) is 11.5 Å². The van der Waals surface area contributed by atoms with Crippen molar-refractivity contribution < 1.29 is 20.1 Å². The summed E-state index contributed by atoms with van der Waals surface area (Å²) in [5.41, 5.74) is 6.24. The van der Waals surface area contributed by atoms with Gasteiger partial charge in [-0.05, 0) is 82.8 Å². The Bertz CT molecular complexity index is 1090. The van der Waals surface area contributed by atoms with Crippen molar-refractivity contribution in [2.24, 2.45) is 0 Å². The van der Waals surface area contributed by atoms with Gasteiger partial charge in [-0.25, -0.2) is 4.79 Å². The molecular weight excluding hydrogens is 400 g/mol. The zero-order valence-corrected chi connectivity index (χ0v) is 19.6. The molecule has 0 heterocycles. The number of aromatic hydroxyl groups is 2. The Labute approximate surface area is 190 Å². The van der Waals surface area contributed by atoms with Gasteiger partial charge in [0.25, 0.3) is 0 Å². The van der Waals surface area contributed by atoms with E-state index in [4.69, 9.17) is 0 Å². The topological polar surface area (TPSA) is 77.8 Å². The third-order valence-electron chi connectivity index (χ3n) is 6.20. The third kappa shape index (κ3) is 4.36. The van der Waals surface area contributed by atoms with E-state index in [0.717, 1.165) is 33.4 Å². The average Bonchev–Trinajstić information content (AvgIpc) is 2.70.